The van der Waals surface area contributed by atoms with Crippen LogP contribution in [-0.4, -0.2) is 62.3 Å². The third kappa shape index (κ3) is 10.0. The second-order valence-electron chi connectivity index (χ2n) is 8.24. The van der Waals surface area contributed by atoms with Gasteiger partial charge in [-0.2, -0.15) is 0 Å². The van der Waals surface area contributed by atoms with E-state index < -0.39 is 6.04 Å². The number of nitrogens with one attached hydrogen (secondary N) is 3. The zero-order valence-corrected chi connectivity index (χ0v) is 18.8. The minimum absolute atomic E-state index is 0.252. The average molecular weight is 437 g/mol. The fourth-order valence-electron chi connectivity index (χ4n) is 3.53. The quantitative estimate of drug-likeness (QED) is 0.597. The molecule has 1 saturated carbocycles. The molecule has 1 aliphatic carbocycles. The van der Waals surface area contributed by atoms with E-state index in [-0.39, 0.29) is 17.8 Å². The highest BCUT2D eigenvalue weighted by Gasteiger charge is 2.21. The molecule has 0 bridgehead atoms. The summed E-state index contributed by atoms with van der Waals surface area (Å²) >= 11 is 0. The van der Waals surface area contributed by atoms with E-state index in [2.05, 4.69) is 22.9 Å². The Morgan fingerprint density at radius 1 is 1.10 bits per heavy atom. The second-order valence-corrected chi connectivity index (χ2v) is 8.24. The molecular formula is C23H37FN4O3. The summed E-state index contributed by atoms with van der Waals surface area (Å²) in [6.45, 7) is 6.99. The van der Waals surface area contributed by atoms with E-state index in [1.807, 2.05) is 0 Å². The van der Waals surface area contributed by atoms with Crippen molar-refractivity contribution < 1.29 is 18.7 Å². The predicted molar refractivity (Wildman–Crippen MR) is 121 cm³/mol. The molecule has 0 spiro atoms. The first-order valence-corrected chi connectivity index (χ1v) is 11.4. The number of carbonyl (C=O) groups excluding carboxylic acids is 2. The number of urea groups is 1. The number of anilines is 1. The highest BCUT2D eigenvalue weighted by Crippen LogP contribution is 2.22. The predicted octanol–water partition coefficient (Wildman–Crippen LogP) is 3.37. The first kappa shape index (κ1) is 24.9. The Bertz CT molecular complexity index is 659. The van der Waals surface area contributed by atoms with Crippen LogP contribution in [0.1, 0.15) is 46.0 Å². The van der Waals surface area contributed by atoms with Gasteiger partial charge in [-0.25, -0.2) is 9.18 Å². The fourth-order valence-corrected chi connectivity index (χ4v) is 3.53. The van der Waals surface area contributed by atoms with Gasteiger partial charge in [0, 0.05) is 31.9 Å². The first-order chi connectivity index (χ1) is 15.0. The molecule has 0 radical (unpaired) electrons. The summed E-state index contributed by atoms with van der Waals surface area (Å²) in [7, 11) is 0. The van der Waals surface area contributed by atoms with Crippen LogP contribution in [0.4, 0.5) is 14.9 Å². The summed E-state index contributed by atoms with van der Waals surface area (Å²) in [5, 5.41) is 8.48. The van der Waals surface area contributed by atoms with E-state index in [0.717, 1.165) is 11.6 Å². The number of ether oxygens (including phenoxy) is 1. The van der Waals surface area contributed by atoms with Crippen LogP contribution in [0.3, 0.4) is 0 Å². The van der Waals surface area contributed by atoms with Gasteiger partial charge in [0.25, 0.3) is 0 Å². The van der Waals surface area contributed by atoms with Crippen molar-refractivity contribution in [1.29, 1.82) is 0 Å². The van der Waals surface area contributed by atoms with Gasteiger partial charge >= 0.3 is 6.03 Å². The third-order valence-electron chi connectivity index (χ3n) is 5.52. The van der Waals surface area contributed by atoms with Gasteiger partial charge in [-0.3, -0.25) is 4.79 Å². The lowest BCUT2D eigenvalue weighted by Crippen LogP contribution is -2.52. The maximum absolute atomic E-state index is 12.8. The number of rotatable bonds is 6. The van der Waals surface area contributed by atoms with Crippen molar-refractivity contribution in [1.82, 2.24) is 15.5 Å². The van der Waals surface area contributed by atoms with Gasteiger partial charge < -0.3 is 25.6 Å². The van der Waals surface area contributed by atoms with Gasteiger partial charge in [0.2, 0.25) is 5.91 Å². The third-order valence-corrected chi connectivity index (χ3v) is 5.52. The molecule has 1 aliphatic heterocycles. The zero-order valence-electron chi connectivity index (χ0n) is 18.8. The molecular weight excluding hydrogens is 399 g/mol. The molecule has 174 valence electrons. The van der Waals surface area contributed by atoms with Crippen LogP contribution in [0.5, 0.6) is 0 Å². The van der Waals surface area contributed by atoms with Crippen molar-refractivity contribution in [3.05, 3.63) is 30.1 Å². The lowest BCUT2D eigenvalue weighted by molar-refractivity contribution is -0.122. The molecule has 1 heterocycles. The number of carbonyl (C=O) groups is 2. The molecule has 2 aliphatic rings. The Balaban J connectivity index is 0.000000412. The van der Waals surface area contributed by atoms with E-state index in [1.165, 1.54) is 44.2 Å². The maximum Gasteiger partial charge on any atom is 0.318 e. The number of hydrogen-bond donors (Lipinski definition) is 3. The standard InChI is InChI=1S/C16H23FN4O3.C7H14/c1-12(20-16(23)21-8-10-24-11-9-21)15(22)19-7-6-18-14-4-2-13(17)3-5-14;1-7-5-3-2-4-6-7/h2-5,12,18H,6-11H2,1H3,(H,19,22)(H,20,23);7H,2-6H2,1H3/t12-;/m0./s1. The van der Waals surface area contributed by atoms with Crippen LogP contribution < -0.4 is 16.0 Å². The van der Waals surface area contributed by atoms with Gasteiger partial charge in [0.05, 0.1) is 13.2 Å². The number of halogens is 1. The Morgan fingerprint density at radius 3 is 2.32 bits per heavy atom. The highest BCUT2D eigenvalue weighted by atomic mass is 19.1. The fraction of sp³-hybridized carbons (Fsp3) is 0.652. The van der Waals surface area contributed by atoms with Crippen LogP contribution in [-0.2, 0) is 9.53 Å². The van der Waals surface area contributed by atoms with Crippen molar-refractivity contribution >= 4 is 17.6 Å². The van der Waals surface area contributed by atoms with Crippen LogP contribution in [0, 0.1) is 11.7 Å². The van der Waals surface area contributed by atoms with E-state index in [9.17, 15) is 14.0 Å². The molecule has 3 rings (SSSR count). The summed E-state index contributed by atoms with van der Waals surface area (Å²) in [5.41, 5.74) is 0.777. The molecule has 0 aromatic heterocycles. The van der Waals surface area contributed by atoms with Crippen molar-refractivity contribution in [2.45, 2.75) is 52.0 Å². The molecule has 8 heteroatoms. The maximum atomic E-state index is 12.8. The zero-order chi connectivity index (χ0) is 22.5. The summed E-state index contributed by atoms with van der Waals surface area (Å²) in [6, 6.07) is 5.11. The van der Waals surface area contributed by atoms with Crippen molar-refractivity contribution in [2.24, 2.45) is 5.92 Å². The molecule has 2 fully saturated rings. The van der Waals surface area contributed by atoms with Gasteiger partial charge in [0.15, 0.2) is 0 Å². The number of hydrogen-bond acceptors (Lipinski definition) is 4. The lowest BCUT2D eigenvalue weighted by Gasteiger charge is -2.28. The molecule has 1 saturated heterocycles. The first-order valence-electron chi connectivity index (χ1n) is 11.4. The van der Waals surface area contributed by atoms with E-state index in [4.69, 9.17) is 4.74 Å². The van der Waals surface area contributed by atoms with Crippen molar-refractivity contribution in [3.63, 3.8) is 0 Å². The van der Waals surface area contributed by atoms with Crippen LogP contribution in [0.15, 0.2) is 24.3 Å². The minimum atomic E-state index is -0.619. The molecule has 3 N–H and O–H groups in total. The van der Waals surface area contributed by atoms with E-state index in [0.29, 0.717) is 39.4 Å². The number of nitrogens with zero attached hydrogens (tertiary/aromatic N) is 1. The second kappa shape index (κ2) is 13.9. The van der Waals surface area contributed by atoms with Crippen molar-refractivity contribution in [2.75, 3.05) is 44.7 Å². The van der Waals surface area contributed by atoms with Gasteiger partial charge in [-0.15, -0.1) is 0 Å². The van der Waals surface area contributed by atoms with Gasteiger partial charge in [-0.1, -0.05) is 39.0 Å². The average Bonchev–Trinajstić information content (AvgIpc) is 2.79. The topological polar surface area (TPSA) is 82.7 Å². The van der Waals surface area contributed by atoms with Gasteiger partial charge in [0.1, 0.15) is 11.9 Å². The van der Waals surface area contributed by atoms with E-state index in [1.54, 1.807) is 24.0 Å². The number of amides is 3. The van der Waals surface area contributed by atoms with Crippen molar-refractivity contribution in [3.8, 4) is 0 Å². The smallest absolute Gasteiger partial charge is 0.318 e. The molecule has 1 atom stereocenters. The largest absolute Gasteiger partial charge is 0.383 e. The Labute approximate surface area is 185 Å². The van der Waals surface area contributed by atoms with Crippen LogP contribution >= 0.6 is 0 Å². The van der Waals surface area contributed by atoms with Crippen LogP contribution in [0.2, 0.25) is 0 Å². The summed E-state index contributed by atoms with van der Waals surface area (Å²) < 4.78 is 18.0. The Kier molecular flexibility index (Phi) is 11.1. The molecule has 31 heavy (non-hydrogen) atoms. The van der Waals surface area contributed by atoms with Crippen LogP contribution in [0.25, 0.3) is 0 Å². The molecule has 3 amide bonds. The number of benzene rings is 1. The Morgan fingerprint density at radius 2 is 1.74 bits per heavy atom. The van der Waals surface area contributed by atoms with E-state index >= 15 is 0 Å². The normalized spacial score (nSPS) is 17.7. The SMILES string of the molecule is CC1CCCCC1.C[C@H](NC(=O)N1CCOCC1)C(=O)NCCNc1ccc(F)cc1. The summed E-state index contributed by atoms with van der Waals surface area (Å²) in [6.07, 6.45) is 7.44. The molecule has 1 aromatic rings. The number of morpholine rings is 1. The Hall–Kier alpha value is -2.35. The molecule has 0 unspecified atom stereocenters. The summed E-state index contributed by atoms with van der Waals surface area (Å²) in [4.78, 5) is 25.6. The monoisotopic (exact) mass is 436 g/mol. The van der Waals surface area contributed by atoms with Gasteiger partial charge in [-0.05, 0) is 37.1 Å². The lowest BCUT2D eigenvalue weighted by atomic mass is 9.91. The minimum Gasteiger partial charge on any atom is -0.383 e. The summed E-state index contributed by atoms with van der Waals surface area (Å²) in [5.74, 6) is 0.491. The highest BCUT2D eigenvalue weighted by molar-refractivity contribution is 5.86. The molecule has 7 nitrogen and oxygen atoms in total. The molecule has 1 aromatic carbocycles.